The van der Waals surface area contributed by atoms with Gasteiger partial charge in [0.25, 0.3) is 0 Å². The summed E-state index contributed by atoms with van der Waals surface area (Å²) in [6, 6.07) is 0. The molecule has 2 N–H and O–H groups in total. The van der Waals surface area contributed by atoms with Crippen molar-refractivity contribution in [1.82, 2.24) is 0 Å². The molecule has 0 radical (unpaired) electrons. The highest BCUT2D eigenvalue weighted by atomic mass is 14.5. The summed E-state index contributed by atoms with van der Waals surface area (Å²) in [6.07, 6.45) is 9.85. The van der Waals surface area contributed by atoms with Gasteiger partial charge < -0.3 is 5.73 Å². The van der Waals surface area contributed by atoms with Crippen molar-refractivity contribution in [2.24, 2.45) is 11.1 Å². The molecule has 1 nitrogen and oxygen atoms in total. The predicted molar refractivity (Wildman–Crippen MR) is 44.8 cm³/mol. The first-order chi connectivity index (χ1) is 4.83. The number of hydrogen-bond donors (Lipinski definition) is 1. The number of nitrogens with two attached hydrogens (primary N) is 1. The Morgan fingerprint density at radius 1 is 1.50 bits per heavy atom. The summed E-state index contributed by atoms with van der Waals surface area (Å²) in [4.78, 5) is 0. The lowest BCUT2D eigenvalue weighted by atomic mass is 9.67. The van der Waals surface area contributed by atoms with Crippen molar-refractivity contribution in [3.05, 3.63) is 12.2 Å². The van der Waals surface area contributed by atoms with Crippen LogP contribution in [0, 0.1) is 5.41 Å². The van der Waals surface area contributed by atoms with Crippen LogP contribution in [0.1, 0.15) is 32.6 Å². The molecular weight excluding hydrogens is 122 g/mol. The number of hydrogen-bond acceptors (Lipinski definition) is 1. The Hall–Kier alpha value is -0.300. The zero-order chi connectivity index (χ0) is 7.45. The van der Waals surface area contributed by atoms with E-state index in [4.69, 9.17) is 5.73 Å². The second kappa shape index (κ2) is 3.20. The topological polar surface area (TPSA) is 26.0 Å². The SMILES string of the molecule is CCC1(/C=C/CN)CCC1. The van der Waals surface area contributed by atoms with Gasteiger partial charge in [0.05, 0.1) is 0 Å². The number of rotatable bonds is 3. The first-order valence-electron chi connectivity index (χ1n) is 4.21. The van der Waals surface area contributed by atoms with Gasteiger partial charge in [0, 0.05) is 6.54 Å². The van der Waals surface area contributed by atoms with Crippen molar-refractivity contribution in [3.8, 4) is 0 Å². The molecule has 10 heavy (non-hydrogen) atoms. The largest absolute Gasteiger partial charge is 0.327 e. The Kier molecular flexibility index (Phi) is 2.50. The van der Waals surface area contributed by atoms with Crippen molar-refractivity contribution >= 4 is 0 Å². The minimum atomic E-state index is 0.555. The molecule has 0 aromatic heterocycles. The lowest BCUT2D eigenvalue weighted by Gasteiger charge is -2.38. The van der Waals surface area contributed by atoms with Gasteiger partial charge in [-0.1, -0.05) is 25.5 Å². The summed E-state index contributed by atoms with van der Waals surface area (Å²) < 4.78 is 0. The first-order valence-corrected chi connectivity index (χ1v) is 4.21. The van der Waals surface area contributed by atoms with Crippen LogP contribution in [0.5, 0.6) is 0 Å². The van der Waals surface area contributed by atoms with Crippen LogP contribution in [-0.4, -0.2) is 6.54 Å². The minimum Gasteiger partial charge on any atom is -0.327 e. The Labute approximate surface area is 63.3 Å². The van der Waals surface area contributed by atoms with Gasteiger partial charge in [-0.15, -0.1) is 0 Å². The molecule has 0 unspecified atom stereocenters. The fourth-order valence-electron chi connectivity index (χ4n) is 1.59. The van der Waals surface area contributed by atoms with Crippen molar-refractivity contribution < 1.29 is 0 Å². The van der Waals surface area contributed by atoms with E-state index in [1.165, 1.54) is 25.7 Å². The van der Waals surface area contributed by atoms with E-state index < -0.39 is 0 Å². The molecule has 1 heteroatoms. The average Bonchev–Trinajstić information content (AvgIpc) is 1.87. The predicted octanol–water partition coefficient (Wildman–Crippen LogP) is 2.08. The smallest absolute Gasteiger partial charge is 0.0107 e. The van der Waals surface area contributed by atoms with E-state index in [-0.39, 0.29) is 0 Å². The van der Waals surface area contributed by atoms with Gasteiger partial charge in [-0.25, -0.2) is 0 Å². The van der Waals surface area contributed by atoms with Gasteiger partial charge in [0.1, 0.15) is 0 Å². The zero-order valence-electron chi connectivity index (χ0n) is 6.77. The van der Waals surface area contributed by atoms with Crippen molar-refractivity contribution in [3.63, 3.8) is 0 Å². The van der Waals surface area contributed by atoms with Crippen LogP contribution in [0.15, 0.2) is 12.2 Å². The van der Waals surface area contributed by atoms with Crippen LogP contribution in [0.3, 0.4) is 0 Å². The van der Waals surface area contributed by atoms with Crippen LogP contribution >= 0.6 is 0 Å². The van der Waals surface area contributed by atoms with E-state index in [1.807, 2.05) is 0 Å². The second-order valence-corrected chi connectivity index (χ2v) is 3.21. The first kappa shape index (κ1) is 7.80. The van der Waals surface area contributed by atoms with Crippen LogP contribution < -0.4 is 5.73 Å². The molecule has 1 fully saturated rings. The highest BCUT2D eigenvalue weighted by Gasteiger charge is 2.31. The standard InChI is InChI=1S/C9H17N/c1-2-9(5-3-6-9)7-4-8-10/h4,7H,2-3,5-6,8,10H2,1H3/b7-4+. The Bertz CT molecular complexity index is 117. The molecule has 0 atom stereocenters. The monoisotopic (exact) mass is 139 g/mol. The highest BCUT2D eigenvalue weighted by Crippen LogP contribution is 2.44. The number of allylic oxidation sites excluding steroid dienone is 1. The maximum atomic E-state index is 5.38. The summed E-state index contributed by atoms with van der Waals surface area (Å²) in [5.74, 6) is 0. The third-order valence-corrected chi connectivity index (χ3v) is 2.66. The Morgan fingerprint density at radius 2 is 2.20 bits per heavy atom. The van der Waals surface area contributed by atoms with E-state index in [0.717, 1.165) is 0 Å². The van der Waals surface area contributed by atoms with E-state index in [2.05, 4.69) is 19.1 Å². The molecule has 0 aliphatic heterocycles. The molecule has 0 heterocycles. The molecule has 0 spiro atoms. The molecule has 0 aromatic rings. The summed E-state index contributed by atoms with van der Waals surface area (Å²) >= 11 is 0. The fourth-order valence-corrected chi connectivity index (χ4v) is 1.59. The lowest BCUT2D eigenvalue weighted by molar-refractivity contribution is 0.196. The van der Waals surface area contributed by atoms with E-state index in [0.29, 0.717) is 12.0 Å². The molecule has 1 aliphatic rings. The molecular formula is C9H17N. The Morgan fingerprint density at radius 3 is 2.50 bits per heavy atom. The highest BCUT2D eigenvalue weighted by molar-refractivity contribution is 5.04. The fraction of sp³-hybridized carbons (Fsp3) is 0.778. The molecule has 0 saturated heterocycles. The van der Waals surface area contributed by atoms with E-state index >= 15 is 0 Å². The summed E-state index contributed by atoms with van der Waals surface area (Å²) in [6.45, 7) is 2.96. The van der Waals surface area contributed by atoms with Gasteiger partial charge in [0.15, 0.2) is 0 Å². The quantitative estimate of drug-likeness (QED) is 0.595. The van der Waals surface area contributed by atoms with Gasteiger partial charge in [-0.05, 0) is 24.7 Å². The van der Waals surface area contributed by atoms with Gasteiger partial charge >= 0.3 is 0 Å². The minimum absolute atomic E-state index is 0.555. The van der Waals surface area contributed by atoms with Crippen molar-refractivity contribution in [2.75, 3.05) is 6.54 Å². The average molecular weight is 139 g/mol. The van der Waals surface area contributed by atoms with E-state index in [9.17, 15) is 0 Å². The molecule has 58 valence electrons. The Balaban J connectivity index is 2.40. The molecule has 1 saturated carbocycles. The van der Waals surface area contributed by atoms with Crippen molar-refractivity contribution in [1.29, 1.82) is 0 Å². The normalized spacial score (nSPS) is 23.0. The summed E-state index contributed by atoms with van der Waals surface area (Å²) in [5, 5.41) is 0. The maximum absolute atomic E-state index is 5.38. The second-order valence-electron chi connectivity index (χ2n) is 3.21. The van der Waals surface area contributed by atoms with Crippen molar-refractivity contribution in [2.45, 2.75) is 32.6 Å². The van der Waals surface area contributed by atoms with Crippen LogP contribution in [-0.2, 0) is 0 Å². The van der Waals surface area contributed by atoms with Gasteiger partial charge in [0.2, 0.25) is 0 Å². The third-order valence-electron chi connectivity index (χ3n) is 2.66. The molecule has 1 aliphatic carbocycles. The van der Waals surface area contributed by atoms with Gasteiger partial charge in [-0.2, -0.15) is 0 Å². The maximum Gasteiger partial charge on any atom is 0.0107 e. The van der Waals surface area contributed by atoms with Crippen LogP contribution in [0.4, 0.5) is 0 Å². The molecule has 0 amide bonds. The lowest BCUT2D eigenvalue weighted by Crippen LogP contribution is -2.25. The van der Waals surface area contributed by atoms with Crippen LogP contribution in [0.25, 0.3) is 0 Å². The van der Waals surface area contributed by atoms with E-state index in [1.54, 1.807) is 0 Å². The zero-order valence-corrected chi connectivity index (χ0v) is 6.77. The summed E-state index contributed by atoms with van der Waals surface area (Å²) in [5.41, 5.74) is 5.94. The summed E-state index contributed by atoms with van der Waals surface area (Å²) in [7, 11) is 0. The molecule has 0 aromatic carbocycles. The molecule has 0 bridgehead atoms. The van der Waals surface area contributed by atoms with Gasteiger partial charge in [-0.3, -0.25) is 0 Å². The third kappa shape index (κ3) is 1.40. The van der Waals surface area contributed by atoms with Crippen LogP contribution in [0.2, 0.25) is 0 Å². The molecule has 1 rings (SSSR count).